The Balaban J connectivity index is 1.23. The molecule has 1 unspecified atom stereocenters. The average molecular weight is 393 g/mol. The molecule has 0 N–H and O–H groups in total. The van der Waals surface area contributed by atoms with Crippen LogP contribution in [0, 0.1) is 29.6 Å². The molecule has 5 fully saturated rings. The molecule has 3 nitrogen and oxygen atoms in total. The van der Waals surface area contributed by atoms with Gasteiger partial charge in [-0.15, -0.1) is 13.2 Å². The van der Waals surface area contributed by atoms with Crippen molar-refractivity contribution >= 4 is 5.91 Å². The summed E-state index contributed by atoms with van der Waals surface area (Å²) in [7, 11) is 0. The van der Waals surface area contributed by atoms with Gasteiger partial charge in [0.2, 0.25) is 5.91 Å². The van der Waals surface area contributed by atoms with Gasteiger partial charge in [0.05, 0.1) is 0 Å². The first-order valence-electron chi connectivity index (χ1n) is 10.5. The molecule has 0 spiro atoms. The van der Waals surface area contributed by atoms with Crippen molar-refractivity contribution in [1.82, 2.24) is 4.90 Å². The van der Waals surface area contributed by atoms with E-state index in [2.05, 4.69) is 9.64 Å². The van der Waals surface area contributed by atoms with Crippen LogP contribution in [0.15, 0.2) is 24.3 Å². The van der Waals surface area contributed by atoms with Gasteiger partial charge in [-0.1, -0.05) is 12.1 Å². The van der Waals surface area contributed by atoms with E-state index in [1.165, 1.54) is 44.2 Å². The molecule has 1 saturated heterocycles. The maximum atomic E-state index is 13.1. The molecular formula is C22H26F3NO2. The minimum absolute atomic E-state index is 0.0495. The molecule has 4 saturated carbocycles. The Morgan fingerprint density at radius 3 is 2.14 bits per heavy atom. The molecule has 1 aromatic carbocycles. The minimum Gasteiger partial charge on any atom is -0.406 e. The molecule has 6 rings (SSSR count). The van der Waals surface area contributed by atoms with Crippen LogP contribution < -0.4 is 4.74 Å². The van der Waals surface area contributed by atoms with Crippen molar-refractivity contribution in [3.63, 3.8) is 0 Å². The summed E-state index contributed by atoms with van der Waals surface area (Å²) in [6.07, 6.45) is 3.36. The van der Waals surface area contributed by atoms with Gasteiger partial charge in [0, 0.05) is 18.5 Å². The average Bonchev–Trinajstić information content (AvgIpc) is 2.95. The number of rotatable bonds is 4. The first-order valence-corrected chi connectivity index (χ1v) is 10.5. The largest absolute Gasteiger partial charge is 0.573 e. The summed E-state index contributed by atoms with van der Waals surface area (Å²) >= 11 is 0. The molecule has 0 radical (unpaired) electrons. The van der Waals surface area contributed by atoms with Crippen LogP contribution in [0.1, 0.15) is 44.1 Å². The predicted octanol–water partition coefficient (Wildman–Crippen LogP) is 4.80. The summed E-state index contributed by atoms with van der Waals surface area (Å²) in [5, 5.41) is 0. The minimum atomic E-state index is -4.68. The highest BCUT2D eigenvalue weighted by molar-refractivity contribution is 5.81. The van der Waals surface area contributed by atoms with Gasteiger partial charge < -0.3 is 9.64 Å². The number of ether oxygens (including phenoxy) is 1. The van der Waals surface area contributed by atoms with Gasteiger partial charge in [-0.3, -0.25) is 4.79 Å². The van der Waals surface area contributed by atoms with Gasteiger partial charge in [-0.25, -0.2) is 0 Å². The summed E-state index contributed by atoms with van der Waals surface area (Å²) in [6, 6.07) is 6.38. The van der Waals surface area contributed by atoms with Crippen LogP contribution in [0.5, 0.6) is 5.75 Å². The molecule has 4 aliphatic carbocycles. The lowest BCUT2D eigenvalue weighted by Crippen LogP contribution is -2.56. The van der Waals surface area contributed by atoms with Crippen molar-refractivity contribution in [3.05, 3.63) is 29.8 Å². The van der Waals surface area contributed by atoms with E-state index in [4.69, 9.17) is 0 Å². The van der Waals surface area contributed by atoms with E-state index < -0.39 is 6.36 Å². The Bertz CT molecular complexity index is 717. The van der Waals surface area contributed by atoms with E-state index in [0.29, 0.717) is 24.3 Å². The van der Waals surface area contributed by atoms with Crippen molar-refractivity contribution in [1.29, 1.82) is 0 Å². The zero-order valence-corrected chi connectivity index (χ0v) is 15.8. The quantitative estimate of drug-likeness (QED) is 0.735. The second-order valence-corrected chi connectivity index (χ2v) is 9.33. The number of likely N-dealkylation sites (tertiary alicyclic amines) is 1. The fourth-order valence-electron chi connectivity index (χ4n) is 6.77. The molecule has 1 aliphatic heterocycles. The molecule has 28 heavy (non-hydrogen) atoms. The fraction of sp³-hybridized carbons (Fsp3) is 0.682. The number of hydrogen-bond donors (Lipinski definition) is 0. The van der Waals surface area contributed by atoms with Crippen LogP contribution in [-0.4, -0.2) is 29.8 Å². The third-order valence-electron chi connectivity index (χ3n) is 7.53. The highest BCUT2D eigenvalue weighted by atomic mass is 19.4. The van der Waals surface area contributed by atoms with Crippen LogP contribution in [-0.2, 0) is 11.2 Å². The summed E-state index contributed by atoms with van der Waals surface area (Å²) in [6.45, 7) is 0.839. The summed E-state index contributed by atoms with van der Waals surface area (Å²) in [5.41, 5.74) is 0.889. The van der Waals surface area contributed by atoms with Gasteiger partial charge in [0.25, 0.3) is 0 Å². The molecule has 1 aromatic rings. The Morgan fingerprint density at radius 1 is 0.964 bits per heavy atom. The van der Waals surface area contributed by atoms with E-state index >= 15 is 0 Å². The van der Waals surface area contributed by atoms with Crippen LogP contribution in [0.4, 0.5) is 13.2 Å². The van der Waals surface area contributed by atoms with Crippen molar-refractivity contribution < 1.29 is 22.7 Å². The highest BCUT2D eigenvalue weighted by Gasteiger charge is 2.52. The normalized spacial score (nSPS) is 37.0. The summed E-state index contributed by atoms with van der Waals surface area (Å²) < 4.78 is 40.8. The molecular weight excluding hydrogens is 367 g/mol. The van der Waals surface area contributed by atoms with E-state index in [1.54, 1.807) is 12.1 Å². The molecule has 1 atom stereocenters. The Labute approximate surface area is 163 Å². The molecule has 1 heterocycles. The van der Waals surface area contributed by atoms with Gasteiger partial charge in [-0.2, -0.15) is 0 Å². The smallest absolute Gasteiger partial charge is 0.406 e. The lowest BCUT2D eigenvalue weighted by Gasteiger charge is -2.56. The van der Waals surface area contributed by atoms with Gasteiger partial charge in [-0.05, 0) is 86.3 Å². The lowest BCUT2D eigenvalue weighted by molar-refractivity contribution is -0.274. The number of alkyl halides is 3. The van der Waals surface area contributed by atoms with Crippen molar-refractivity contribution in [2.45, 2.75) is 57.3 Å². The molecule has 6 heteroatoms. The topological polar surface area (TPSA) is 29.5 Å². The van der Waals surface area contributed by atoms with Gasteiger partial charge in [0.1, 0.15) is 5.75 Å². The van der Waals surface area contributed by atoms with E-state index in [0.717, 1.165) is 30.4 Å². The Hall–Kier alpha value is -1.72. The van der Waals surface area contributed by atoms with E-state index in [-0.39, 0.29) is 17.6 Å². The second kappa shape index (κ2) is 6.67. The highest BCUT2D eigenvalue weighted by Crippen LogP contribution is 2.55. The van der Waals surface area contributed by atoms with E-state index in [9.17, 15) is 18.0 Å². The SMILES string of the molecule is O=C1C(Cc2ccc(OC(F)(F)F)cc2)CCN1C1C2CC3CC(C2)CC1C3. The van der Waals surface area contributed by atoms with Crippen LogP contribution >= 0.6 is 0 Å². The second-order valence-electron chi connectivity index (χ2n) is 9.33. The number of halogens is 3. The first-order chi connectivity index (χ1) is 13.4. The number of amides is 1. The monoisotopic (exact) mass is 393 g/mol. The zero-order chi connectivity index (χ0) is 19.5. The number of carbonyl (C=O) groups excluding carboxylic acids is 1. The van der Waals surface area contributed by atoms with Gasteiger partial charge in [0.15, 0.2) is 0 Å². The number of benzene rings is 1. The third-order valence-corrected chi connectivity index (χ3v) is 7.53. The van der Waals surface area contributed by atoms with Crippen molar-refractivity contribution in [2.75, 3.05) is 6.54 Å². The predicted molar refractivity (Wildman–Crippen MR) is 97.5 cm³/mol. The molecule has 1 amide bonds. The molecule has 0 aromatic heterocycles. The number of carbonyl (C=O) groups is 1. The Morgan fingerprint density at radius 2 is 1.57 bits per heavy atom. The maximum Gasteiger partial charge on any atom is 0.573 e. The third kappa shape index (κ3) is 3.39. The maximum absolute atomic E-state index is 13.1. The van der Waals surface area contributed by atoms with Crippen molar-refractivity contribution in [2.24, 2.45) is 29.6 Å². The van der Waals surface area contributed by atoms with E-state index in [1.807, 2.05) is 0 Å². The fourth-order valence-corrected chi connectivity index (χ4v) is 6.77. The summed E-state index contributed by atoms with van der Waals surface area (Å²) in [5.74, 6) is 3.16. The first kappa shape index (κ1) is 18.3. The van der Waals surface area contributed by atoms with Crippen molar-refractivity contribution in [3.8, 4) is 5.75 Å². The number of hydrogen-bond acceptors (Lipinski definition) is 2. The zero-order valence-electron chi connectivity index (χ0n) is 15.8. The summed E-state index contributed by atoms with van der Waals surface area (Å²) in [4.78, 5) is 15.3. The lowest BCUT2D eigenvalue weighted by atomic mass is 9.54. The number of nitrogens with zero attached hydrogens (tertiary/aromatic N) is 1. The Kier molecular flexibility index (Phi) is 4.36. The molecule has 5 aliphatic rings. The van der Waals surface area contributed by atoms with Crippen LogP contribution in [0.3, 0.4) is 0 Å². The van der Waals surface area contributed by atoms with Crippen LogP contribution in [0.25, 0.3) is 0 Å². The molecule has 152 valence electrons. The standard InChI is InChI=1S/C22H26F3NO2/c23-22(24,25)28-19-3-1-13(2-4-19)8-16-5-6-26(21(16)27)20-17-9-14-7-15(11-17)12-18(20)10-14/h1-4,14-18,20H,5-12H2. The van der Waals surface area contributed by atoms with Crippen LogP contribution in [0.2, 0.25) is 0 Å². The van der Waals surface area contributed by atoms with Gasteiger partial charge >= 0.3 is 6.36 Å². The molecule has 4 bridgehead atoms.